The number of amides is 1. The van der Waals surface area contributed by atoms with Crippen molar-refractivity contribution in [2.75, 3.05) is 19.8 Å². The molecular weight excluding hydrogens is 265 g/mol. The summed E-state index contributed by atoms with van der Waals surface area (Å²) in [6.07, 6.45) is 0.955. The molecule has 0 aliphatic carbocycles. The molecule has 0 radical (unpaired) electrons. The van der Waals surface area contributed by atoms with Crippen molar-refractivity contribution in [1.82, 2.24) is 9.88 Å². The number of ether oxygens (including phenoxy) is 1. The summed E-state index contributed by atoms with van der Waals surface area (Å²) in [5.74, 6) is 0.442. The number of alkyl halides is 1. The number of aromatic nitrogens is 1. The third kappa shape index (κ3) is 3.38. The predicted octanol–water partition coefficient (Wildman–Crippen LogP) is 2.25. The van der Waals surface area contributed by atoms with E-state index >= 15 is 0 Å². The van der Waals surface area contributed by atoms with Gasteiger partial charge in [-0.25, -0.2) is 9.78 Å². The highest BCUT2D eigenvalue weighted by Gasteiger charge is 2.14. The van der Waals surface area contributed by atoms with E-state index in [0.29, 0.717) is 16.1 Å². The maximum absolute atomic E-state index is 11.3. The number of carbonyl (C=O) groups is 1. The molecule has 7 heteroatoms. The second kappa shape index (κ2) is 5.93. The van der Waals surface area contributed by atoms with Gasteiger partial charge in [-0.1, -0.05) is 11.6 Å². The second-order valence-corrected chi connectivity index (χ2v) is 4.21. The highest BCUT2D eigenvalue weighted by molar-refractivity contribution is 6.32. The van der Waals surface area contributed by atoms with Crippen LogP contribution in [0.5, 0.6) is 0 Å². The van der Waals surface area contributed by atoms with Gasteiger partial charge < -0.3 is 15.4 Å². The molecule has 0 fully saturated rings. The molecule has 17 heavy (non-hydrogen) atoms. The van der Waals surface area contributed by atoms with Gasteiger partial charge in [0.25, 0.3) is 0 Å². The number of carbonyl (C=O) groups excluding carboxylic acids is 1. The van der Waals surface area contributed by atoms with Crippen LogP contribution < -0.4 is 5.73 Å². The molecule has 0 saturated heterocycles. The van der Waals surface area contributed by atoms with E-state index in [4.69, 9.17) is 33.7 Å². The zero-order valence-electron chi connectivity index (χ0n) is 9.54. The molecule has 1 heterocycles. The number of nitrogens with zero attached hydrogens (tertiary/aromatic N) is 2. The lowest BCUT2D eigenvalue weighted by molar-refractivity contribution is 0.112. The first-order chi connectivity index (χ1) is 7.97. The first kappa shape index (κ1) is 13.9. The van der Waals surface area contributed by atoms with Gasteiger partial charge in [0.05, 0.1) is 5.02 Å². The van der Waals surface area contributed by atoms with Crippen molar-refractivity contribution >= 4 is 35.1 Å². The van der Waals surface area contributed by atoms with E-state index in [9.17, 15) is 4.79 Å². The number of nitrogen functional groups attached to an aromatic ring is 1. The molecule has 0 aliphatic rings. The van der Waals surface area contributed by atoms with E-state index in [1.807, 2.05) is 0 Å². The first-order valence-electron chi connectivity index (χ1n) is 4.79. The summed E-state index contributed by atoms with van der Waals surface area (Å²) in [5.41, 5.74) is 6.87. The lowest BCUT2D eigenvalue weighted by atomic mass is 10.1. The van der Waals surface area contributed by atoms with Crippen LogP contribution in [0.4, 0.5) is 10.6 Å². The van der Waals surface area contributed by atoms with E-state index in [2.05, 4.69) is 4.98 Å². The van der Waals surface area contributed by atoms with Gasteiger partial charge in [-0.05, 0) is 5.56 Å². The highest BCUT2D eigenvalue weighted by Crippen LogP contribution is 2.25. The molecule has 0 saturated carbocycles. The third-order valence-corrected chi connectivity index (χ3v) is 2.71. The van der Waals surface area contributed by atoms with Gasteiger partial charge in [-0.2, -0.15) is 0 Å². The minimum Gasteiger partial charge on any atom is -0.444 e. The Hall–Kier alpha value is -1.20. The van der Waals surface area contributed by atoms with Crippen LogP contribution in [0.15, 0.2) is 6.20 Å². The number of hydrogen-bond acceptors (Lipinski definition) is 4. The normalized spacial score (nSPS) is 10.1. The quantitative estimate of drug-likeness (QED) is 0.861. The largest absolute Gasteiger partial charge is 0.444 e. The van der Waals surface area contributed by atoms with Crippen LogP contribution in [0.3, 0.4) is 0 Å². The second-order valence-electron chi connectivity index (χ2n) is 3.53. The molecule has 0 bridgehead atoms. The topological polar surface area (TPSA) is 68.5 Å². The van der Waals surface area contributed by atoms with Crippen LogP contribution in [0.2, 0.25) is 5.02 Å². The number of anilines is 1. The Morgan fingerprint density at radius 2 is 2.18 bits per heavy atom. The fraction of sp³-hybridized carbons (Fsp3) is 0.400. The van der Waals surface area contributed by atoms with E-state index in [0.717, 1.165) is 0 Å². The standard InChI is InChI=1S/C10H13Cl2N3O2/c1-15(2)10(16)17-5-7-6(3-11)8(12)4-14-9(7)13/h4H,3,5H2,1-2H3,(H2,13,14). The average Bonchev–Trinajstić information content (AvgIpc) is 2.29. The molecule has 94 valence electrons. The molecule has 1 amide bonds. The minimum absolute atomic E-state index is 0.00153. The van der Waals surface area contributed by atoms with Gasteiger partial charge in [0, 0.05) is 31.7 Å². The summed E-state index contributed by atoms with van der Waals surface area (Å²) in [6.45, 7) is -0.00153. The fourth-order valence-corrected chi connectivity index (χ4v) is 1.75. The number of rotatable bonds is 3. The lowest BCUT2D eigenvalue weighted by Gasteiger charge is -2.14. The Kier molecular flexibility index (Phi) is 4.84. The molecule has 2 N–H and O–H groups in total. The van der Waals surface area contributed by atoms with Gasteiger partial charge >= 0.3 is 6.09 Å². The Morgan fingerprint density at radius 3 is 2.71 bits per heavy atom. The van der Waals surface area contributed by atoms with Gasteiger partial charge in [-0.15, -0.1) is 11.6 Å². The summed E-state index contributed by atoms with van der Waals surface area (Å²) in [4.78, 5) is 16.5. The Bertz CT molecular complexity index is 424. The Morgan fingerprint density at radius 1 is 1.53 bits per heavy atom. The van der Waals surface area contributed by atoms with Crippen LogP contribution in [-0.4, -0.2) is 30.1 Å². The zero-order valence-corrected chi connectivity index (χ0v) is 11.0. The molecule has 1 aromatic rings. The van der Waals surface area contributed by atoms with Crippen molar-refractivity contribution in [2.24, 2.45) is 0 Å². The van der Waals surface area contributed by atoms with Crippen molar-refractivity contribution in [1.29, 1.82) is 0 Å². The summed E-state index contributed by atoms with van der Waals surface area (Å²) in [5, 5.41) is 0.408. The van der Waals surface area contributed by atoms with Crippen LogP contribution >= 0.6 is 23.2 Å². The van der Waals surface area contributed by atoms with E-state index < -0.39 is 6.09 Å². The number of pyridine rings is 1. The van der Waals surface area contributed by atoms with Gasteiger partial charge in [0.2, 0.25) is 0 Å². The van der Waals surface area contributed by atoms with Crippen molar-refractivity contribution in [3.05, 3.63) is 22.3 Å². The number of nitrogens with two attached hydrogens (primary N) is 1. The molecule has 0 spiro atoms. The van der Waals surface area contributed by atoms with Crippen LogP contribution in [0.25, 0.3) is 0 Å². The van der Waals surface area contributed by atoms with Crippen molar-refractivity contribution in [3.63, 3.8) is 0 Å². The van der Waals surface area contributed by atoms with Gasteiger partial charge in [0.15, 0.2) is 0 Å². The van der Waals surface area contributed by atoms with E-state index in [-0.39, 0.29) is 18.3 Å². The van der Waals surface area contributed by atoms with Gasteiger partial charge in [0.1, 0.15) is 12.4 Å². The summed E-state index contributed by atoms with van der Waals surface area (Å²) >= 11 is 11.7. The number of hydrogen-bond donors (Lipinski definition) is 1. The fourth-order valence-electron chi connectivity index (χ4n) is 1.15. The average molecular weight is 278 g/mol. The molecule has 1 aromatic heterocycles. The van der Waals surface area contributed by atoms with Crippen molar-refractivity contribution in [3.8, 4) is 0 Å². The summed E-state index contributed by atoms with van der Waals surface area (Å²) in [6, 6.07) is 0. The zero-order chi connectivity index (χ0) is 13.0. The molecule has 0 aliphatic heterocycles. The maximum Gasteiger partial charge on any atom is 0.409 e. The third-order valence-electron chi connectivity index (χ3n) is 2.12. The monoisotopic (exact) mass is 277 g/mol. The highest BCUT2D eigenvalue weighted by atomic mass is 35.5. The minimum atomic E-state index is -0.468. The smallest absolute Gasteiger partial charge is 0.409 e. The summed E-state index contributed by atoms with van der Waals surface area (Å²) < 4.78 is 5.02. The van der Waals surface area contributed by atoms with Crippen molar-refractivity contribution in [2.45, 2.75) is 12.5 Å². The first-order valence-corrected chi connectivity index (χ1v) is 5.70. The lowest BCUT2D eigenvalue weighted by Crippen LogP contribution is -2.23. The van der Waals surface area contributed by atoms with Crippen LogP contribution in [0, 0.1) is 0 Å². The van der Waals surface area contributed by atoms with Gasteiger partial charge in [-0.3, -0.25) is 0 Å². The SMILES string of the molecule is CN(C)C(=O)OCc1c(N)ncc(Cl)c1CCl. The molecule has 0 unspecified atom stereocenters. The molecule has 0 aromatic carbocycles. The van der Waals surface area contributed by atoms with E-state index in [1.54, 1.807) is 14.1 Å². The molecule has 5 nitrogen and oxygen atoms in total. The van der Waals surface area contributed by atoms with Crippen LogP contribution in [0.1, 0.15) is 11.1 Å². The number of halogens is 2. The van der Waals surface area contributed by atoms with Crippen LogP contribution in [-0.2, 0) is 17.2 Å². The molecule has 1 rings (SSSR count). The van der Waals surface area contributed by atoms with E-state index in [1.165, 1.54) is 11.1 Å². The molecule has 0 atom stereocenters. The Labute approximate surface area is 109 Å². The predicted molar refractivity (Wildman–Crippen MR) is 67.1 cm³/mol. The Balaban J connectivity index is 2.90. The maximum atomic E-state index is 11.3. The molecular formula is C10H13Cl2N3O2. The summed E-state index contributed by atoms with van der Waals surface area (Å²) in [7, 11) is 3.18. The van der Waals surface area contributed by atoms with Crippen molar-refractivity contribution < 1.29 is 9.53 Å².